The second-order valence-electron chi connectivity index (χ2n) is 4.51. The molecule has 0 bridgehead atoms. The zero-order valence-electron chi connectivity index (χ0n) is 10.1. The van der Waals surface area contributed by atoms with Crippen LogP contribution in [0, 0.1) is 12.0 Å². The molecule has 0 atom stereocenters. The molecule has 0 saturated carbocycles. The smallest absolute Gasteiger partial charge is 0.0716 e. The standard InChI is InChI=1S/C14H20NO/c1-12(2)14(13-6-4-3-5-7-13)15-8-10-16-11-9-15/h3-7,12H,8-11H2,1-2H3. The Morgan fingerprint density at radius 2 is 1.75 bits per heavy atom. The molecule has 2 nitrogen and oxygen atoms in total. The number of ether oxygens (including phenoxy) is 1. The van der Waals surface area contributed by atoms with Gasteiger partial charge in [0.25, 0.3) is 0 Å². The Bertz CT molecular complexity index is 304. The van der Waals surface area contributed by atoms with Gasteiger partial charge >= 0.3 is 0 Å². The minimum Gasteiger partial charge on any atom is -0.379 e. The summed E-state index contributed by atoms with van der Waals surface area (Å²) in [5.74, 6) is 0.556. The maximum Gasteiger partial charge on any atom is 0.0716 e. The molecule has 1 aromatic rings. The van der Waals surface area contributed by atoms with Crippen LogP contribution in [0.4, 0.5) is 0 Å². The third kappa shape index (κ3) is 2.63. The summed E-state index contributed by atoms with van der Waals surface area (Å²) >= 11 is 0. The highest BCUT2D eigenvalue weighted by Crippen LogP contribution is 2.27. The molecule has 1 saturated heterocycles. The molecule has 1 aliphatic rings. The Morgan fingerprint density at radius 3 is 2.31 bits per heavy atom. The molecule has 0 aromatic heterocycles. The van der Waals surface area contributed by atoms with Crippen LogP contribution in [-0.2, 0) is 4.74 Å². The van der Waals surface area contributed by atoms with Crippen LogP contribution in [0.5, 0.6) is 0 Å². The average Bonchev–Trinajstić information content (AvgIpc) is 2.31. The third-order valence-corrected chi connectivity index (χ3v) is 2.97. The van der Waals surface area contributed by atoms with Gasteiger partial charge in [0.2, 0.25) is 0 Å². The van der Waals surface area contributed by atoms with Crippen LogP contribution in [0.3, 0.4) is 0 Å². The number of hydrogen-bond acceptors (Lipinski definition) is 2. The molecular weight excluding hydrogens is 198 g/mol. The van der Waals surface area contributed by atoms with Gasteiger partial charge < -0.3 is 4.74 Å². The lowest BCUT2D eigenvalue weighted by atomic mass is 9.94. The lowest BCUT2D eigenvalue weighted by molar-refractivity contribution is 0.0385. The van der Waals surface area contributed by atoms with Crippen molar-refractivity contribution in [2.45, 2.75) is 13.8 Å². The van der Waals surface area contributed by atoms with Crippen molar-refractivity contribution in [1.82, 2.24) is 4.90 Å². The fourth-order valence-electron chi connectivity index (χ4n) is 2.29. The average molecular weight is 218 g/mol. The molecule has 87 valence electrons. The van der Waals surface area contributed by atoms with Crippen molar-refractivity contribution in [2.75, 3.05) is 26.3 Å². The van der Waals surface area contributed by atoms with Crippen LogP contribution < -0.4 is 0 Å². The molecule has 1 heterocycles. The largest absolute Gasteiger partial charge is 0.379 e. The summed E-state index contributed by atoms with van der Waals surface area (Å²) in [4.78, 5) is 2.46. The number of nitrogens with zero attached hydrogens (tertiary/aromatic N) is 1. The second kappa shape index (κ2) is 5.46. The van der Waals surface area contributed by atoms with E-state index in [1.165, 1.54) is 11.6 Å². The summed E-state index contributed by atoms with van der Waals surface area (Å²) in [6, 6.07) is 12.1. The molecule has 0 N–H and O–H groups in total. The highest BCUT2D eigenvalue weighted by Gasteiger charge is 2.25. The van der Waals surface area contributed by atoms with Gasteiger partial charge in [-0.05, 0) is 11.5 Å². The van der Waals surface area contributed by atoms with Gasteiger partial charge in [-0.2, -0.15) is 0 Å². The summed E-state index contributed by atoms with van der Waals surface area (Å²) < 4.78 is 5.41. The first-order valence-electron chi connectivity index (χ1n) is 6.04. The maximum atomic E-state index is 5.41. The summed E-state index contributed by atoms with van der Waals surface area (Å²) in [5.41, 5.74) is 1.35. The molecule has 1 fully saturated rings. The van der Waals surface area contributed by atoms with Crippen molar-refractivity contribution in [2.24, 2.45) is 5.92 Å². The van der Waals surface area contributed by atoms with Gasteiger partial charge in [0.1, 0.15) is 0 Å². The fraction of sp³-hybridized carbons (Fsp3) is 0.500. The minimum atomic E-state index is 0.556. The number of rotatable bonds is 3. The molecule has 0 spiro atoms. The van der Waals surface area contributed by atoms with Gasteiger partial charge in [-0.1, -0.05) is 44.2 Å². The van der Waals surface area contributed by atoms with Crippen LogP contribution >= 0.6 is 0 Å². The van der Waals surface area contributed by atoms with Gasteiger partial charge in [0.15, 0.2) is 0 Å². The highest BCUT2D eigenvalue weighted by molar-refractivity contribution is 5.30. The summed E-state index contributed by atoms with van der Waals surface area (Å²) in [6.45, 7) is 8.26. The topological polar surface area (TPSA) is 12.5 Å². The number of hydrogen-bond donors (Lipinski definition) is 0. The normalized spacial score (nSPS) is 18.2. The Balaban J connectivity index is 2.16. The molecular formula is C14H20NO. The predicted octanol–water partition coefficient (Wildman–Crippen LogP) is 2.55. The Morgan fingerprint density at radius 1 is 1.12 bits per heavy atom. The van der Waals surface area contributed by atoms with Crippen molar-refractivity contribution < 1.29 is 4.74 Å². The van der Waals surface area contributed by atoms with E-state index in [0.29, 0.717) is 5.92 Å². The van der Waals surface area contributed by atoms with E-state index in [-0.39, 0.29) is 0 Å². The van der Waals surface area contributed by atoms with Crippen molar-refractivity contribution in [3.63, 3.8) is 0 Å². The number of morpholine rings is 1. The first-order valence-corrected chi connectivity index (χ1v) is 6.04. The van der Waals surface area contributed by atoms with Gasteiger partial charge in [-0.15, -0.1) is 0 Å². The molecule has 2 rings (SSSR count). The van der Waals surface area contributed by atoms with E-state index in [0.717, 1.165) is 26.3 Å². The second-order valence-corrected chi connectivity index (χ2v) is 4.51. The Hall–Kier alpha value is -0.860. The van der Waals surface area contributed by atoms with E-state index < -0.39 is 0 Å². The van der Waals surface area contributed by atoms with E-state index >= 15 is 0 Å². The third-order valence-electron chi connectivity index (χ3n) is 2.97. The predicted molar refractivity (Wildman–Crippen MR) is 66.0 cm³/mol. The van der Waals surface area contributed by atoms with Crippen LogP contribution in [0.2, 0.25) is 0 Å². The summed E-state index contributed by atoms with van der Waals surface area (Å²) in [6.07, 6.45) is 0. The SMILES string of the molecule is CC(C)[C](c1ccccc1)N1CCOCC1. The molecule has 16 heavy (non-hydrogen) atoms. The summed E-state index contributed by atoms with van der Waals surface area (Å²) in [5, 5.41) is 0. The molecule has 0 aliphatic carbocycles. The Kier molecular flexibility index (Phi) is 3.97. The quantitative estimate of drug-likeness (QED) is 0.773. The zero-order chi connectivity index (χ0) is 11.4. The molecule has 1 aromatic carbocycles. The zero-order valence-corrected chi connectivity index (χ0v) is 10.1. The maximum absolute atomic E-state index is 5.41. The monoisotopic (exact) mass is 218 g/mol. The van der Waals surface area contributed by atoms with Crippen LogP contribution in [0.15, 0.2) is 30.3 Å². The minimum absolute atomic E-state index is 0.556. The van der Waals surface area contributed by atoms with E-state index in [9.17, 15) is 0 Å². The fourth-order valence-corrected chi connectivity index (χ4v) is 2.29. The van der Waals surface area contributed by atoms with Crippen molar-refractivity contribution in [3.8, 4) is 0 Å². The van der Waals surface area contributed by atoms with Crippen molar-refractivity contribution in [3.05, 3.63) is 41.9 Å². The van der Waals surface area contributed by atoms with Crippen LogP contribution in [0.1, 0.15) is 19.4 Å². The van der Waals surface area contributed by atoms with Crippen molar-refractivity contribution in [1.29, 1.82) is 0 Å². The van der Waals surface area contributed by atoms with Gasteiger partial charge in [-0.3, -0.25) is 4.90 Å². The Labute approximate surface area is 98.2 Å². The first kappa shape index (κ1) is 11.6. The number of benzene rings is 1. The first-order chi connectivity index (χ1) is 7.79. The molecule has 1 radical (unpaired) electrons. The molecule has 1 aliphatic heterocycles. The molecule has 0 unspecified atom stereocenters. The summed E-state index contributed by atoms with van der Waals surface area (Å²) in [7, 11) is 0. The molecule has 0 amide bonds. The highest BCUT2D eigenvalue weighted by atomic mass is 16.5. The lowest BCUT2D eigenvalue weighted by Crippen LogP contribution is -2.41. The van der Waals surface area contributed by atoms with E-state index in [2.05, 4.69) is 49.1 Å². The van der Waals surface area contributed by atoms with Crippen molar-refractivity contribution >= 4 is 0 Å². The lowest BCUT2D eigenvalue weighted by Gasteiger charge is -2.36. The van der Waals surface area contributed by atoms with E-state index in [1.807, 2.05) is 0 Å². The van der Waals surface area contributed by atoms with Crippen LogP contribution in [0.25, 0.3) is 0 Å². The van der Waals surface area contributed by atoms with Gasteiger partial charge in [0.05, 0.1) is 19.3 Å². The van der Waals surface area contributed by atoms with Crippen LogP contribution in [-0.4, -0.2) is 31.2 Å². The van der Waals surface area contributed by atoms with E-state index in [1.54, 1.807) is 0 Å². The molecule has 2 heteroatoms. The van der Waals surface area contributed by atoms with Gasteiger partial charge in [0, 0.05) is 13.1 Å². The van der Waals surface area contributed by atoms with E-state index in [4.69, 9.17) is 4.74 Å². The van der Waals surface area contributed by atoms with Gasteiger partial charge in [-0.25, -0.2) is 0 Å².